The highest BCUT2D eigenvalue weighted by atomic mass is 16.5. The van der Waals surface area contributed by atoms with Gasteiger partial charge in [-0.25, -0.2) is 4.79 Å². The molecule has 18 heavy (non-hydrogen) atoms. The Morgan fingerprint density at radius 2 is 2.00 bits per heavy atom. The van der Waals surface area contributed by atoms with Crippen LogP contribution in [0.15, 0.2) is 11.8 Å². The molecule has 0 radical (unpaired) electrons. The minimum atomic E-state index is -0.399. The van der Waals surface area contributed by atoms with Gasteiger partial charge in [-0.2, -0.15) is 0 Å². The molecule has 4 heteroatoms. The van der Waals surface area contributed by atoms with Gasteiger partial charge in [0.05, 0.1) is 6.61 Å². The third-order valence-electron chi connectivity index (χ3n) is 2.53. The van der Waals surface area contributed by atoms with Gasteiger partial charge < -0.3 is 10.1 Å². The Labute approximate surface area is 110 Å². The van der Waals surface area contributed by atoms with Gasteiger partial charge in [-0.05, 0) is 19.3 Å². The van der Waals surface area contributed by atoms with E-state index >= 15 is 0 Å². The number of rotatable bonds is 8. The first-order valence-electron chi connectivity index (χ1n) is 6.64. The van der Waals surface area contributed by atoms with Crippen LogP contribution >= 0.6 is 0 Å². The second-order valence-electron chi connectivity index (χ2n) is 4.55. The van der Waals surface area contributed by atoms with E-state index in [1.807, 2.05) is 0 Å². The van der Waals surface area contributed by atoms with Gasteiger partial charge in [0.1, 0.15) is 0 Å². The molecule has 0 aliphatic rings. The highest BCUT2D eigenvalue weighted by molar-refractivity contribution is 5.84. The average Bonchev–Trinajstić information content (AvgIpc) is 2.25. The lowest BCUT2D eigenvalue weighted by Crippen LogP contribution is -2.22. The number of allylic oxidation sites excluding steroid dienone is 1. The highest BCUT2D eigenvalue weighted by Gasteiger charge is 2.09. The molecule has 1 N–H and O–H groups in total. The van der Waals surface area contributed by atoms with Crippen molar-refractivity contribution < 1.29 is 14.3 Å². The van der Waals surface area contributed by atoms with E-state index in [0.717, 1.165) is 19.3 Å². The summed E-state index contributed by atoms with van der Waals surface area (Å²) in [4.78, 5) is 22.5. The zero-order valence-corrected chi connectivity index (χ0v) is 11.9. The second-order valence-corrected chi connectivity index (χ2v) is 4.55. The number of ether oxygens (including phenoxy) is 1. The minimum Gasteiger partial charge on any atom is -0.463 e. The molecule has 0 aromatic heterocycles. The highest BCUT2D eigenvalue weighted by Crippen LogP contribution is 2.16. The van der Waals surface area contributed by atoms with Crippen molar-refractivity contribution in [2.24, 2.45) is 5.92 Å². The number of nitrogens with one attached hydrogen (secondary N) is 1. The molecule has 0 spiro atoms. The standard InChI is InChI=1S/C14H25NO3/c1-5-7-8-11(3)9-13(15-12(4)16)10-14(17)18-6-2/h10-11H,5-9H2,1-4H3,(H,15,16)/b13-10+/t11-/m1/s1. The summed E-state index contributed by atoms with van der Waals surface area (Å²) in [5.74, 6) is -0.116. The van der Waals surface area contributed by atoms with Crippen molar-refractivity contribution in [3.05, 3.63) is 11.8 Å². The molecule has 4 nitrogen and oxygen atoms in total. The van der Waals surface area contributed by atoms with Crippen molar-refractivity contribution in [1.82, 2.24) is 5.32 Å². The summed E-state index contributed by atoms with van der Waals surface area (Å²) >= 11 is 0. The first-order valence-corrected chi connectivity index (χ1v) is 6.64. The Morgan fingerprint density at radius 1 is 1.33 bits per heavy atom. The maximum atomic E-state index is 11.4. The van der Waals surface area contributed by atoms with Crippen LogP contribution in [0.4, 0.5) is 0 Å². The van der Waals surface area contributed by atoms with Gasteiger partial charge in [0.25, 0.3) is 0 Å². The monoisotopic (exact) mass is 255 g/mol. The molecule has 0 heterocycles. The number of hydrogen-bond donors (Lipinski definition) is 1. The molecule has 0 saturated carbocycles. The average molecular weight is 255 g/mol. The Kier molecular flexibility index (Phi) is 8.97. The van der Waals surface area contributed by atoms with E-state index < -0.39 is 5.97 Å². The van der Waals surface area contributed by atoms with Crippen molar-refractivity contribution in [1.29, 1.82) is 0 Å². The lowest BCUT2D eigenvalue weighted by atomic mass is 9.98. The maximum absolute atomic E-state index is 11.4. The normalized spacial score (nSPS) is 13.0. The van der Waals surface area contributed by atoms with Crippen LogP contribution in [0.1, 0.15) is 53.4 Å². The van der Waals surface area contributed by atoms with Crippen LogP contribution < -0.4 is 5.32 Å². The predicted octanol–water partition coefficient (Wildman–Crippen LogP) is 2.79. The fourth-order valence-electron chi connectivity index (χ4n) is 1.73. The number of unbranched alkanes of at least 4 members (excludes halogenated alkanes) is 1. The molecule has 1 amide bonds. The summed E-state index contributed by atoms with van der Waals surface area (Å²) in [6, 6.07) is 0. The molecule has 1 atom stereocenters. The molecular formula is C14H25NO3. The Balaban J connectivity index is 4.47. The first kappa shape index (κ1) is 16.7. The molecule has 0 aliphatic carbocycles. The van der Waals surface area contributed by atoms with Crippen LogP contribution in [-0.2, 0) is 14.3 Å². The molecule has 0 fully saturated rings. The van der Waals surface area contributed by atoms with E-state index in [2.05, 4.69) is 19.2 Å². The summed E-state index contributed by atoms with van der Waals surface area (Å²) in [5.41, 5.74) is 0.643. The maximum Gasteiger partial charge on any atom is 0.332 e. The van der Waals surface area contributed by atoms with Crippen LogP contribution in [0.25, 0.3) is 0 Å². The zero-order valence-electron chi connectivity index (χ0n) is 11.9. The van der Waals surface area contributed by atoms with E-state index in [1.165, 1.54) is 13.0 Å². The van der Waals surface area contributed by atoms with Gasteiger partial charge in [-0.1, -0.05) is 33.1 Å². The molecule has 0 unspecified atom stereocenters. The quantitative estimate of drug-likeness (QED) is 0.536. The predicted molar refractivity (Wildman–Crippen MR) is 71.8 cm³/mol. The van der Waals surface area contributed by atoms with Gasteiger partial charge in [0, 0.05) is 18.7 Å². The third-order valence-corrected chi connectivity index (χ3v) is 2.53. The molecule has 0 rings (SSSR count). The van der Waals surface area contributed by atoms with Gasteiger partial charge in [-0.15, -0.1) is 0 Å². The van der Waals surface area contributed by atoms with Crippen molar-refractivity contribution in [2.45, 2.75) is 53.4 Å². The number of amides is 1. The summed E-state index contributed by atoms with van der Waals surface area (Å²) in [6.45, 7) is 7.81. The summed E-state index contributed by atoms with van der Waals surface area (Å²) in [7, 11) is 0. The van der Waals surface area contributed by atoms with E-state index in [9.17, 15) is 9.59 Å². The summed E-state index contributed by atoms with van der Waals surface area (Å²) < 4.78 is 4.85. The fourth-order valence-corrected chi connectivity index (χ4v) is 1.73. The Hall–Kier alpha value is -1.32. The number of carbonyl (C=O) groups is 2. The number of esters is 1. The lowest BCUT2D eigenvalue weighted by Gasteiger charge is -2.14. The summed E-state index contributed by atoms with van der Waals surface area (Å²) in [5, 5.41) is 2.70. The van der Waals surface area contributed by atoms with Gasteiger partial charge >= 0.3 is 5.97 Å². The van der Waals surface area contributed by atoms with E-state index in [-0.39, 0.29) is 5.91 Å². The van der Waals surface area contributed by atoms with Crippen LogP contribution in [-0.4, -0.2) is 18.5 Å². The molecule has 0 aliphatic heterocycles. The molecule has 104 valence electrons. The van der Waals surface area contributed by atoms with Crippen LogP contribution in [0.3, 0.4) is 0 Å². The summed E-state index contributed by atoms with van der Waals surface area (Å²) in [6.07, 6.45) is 5.48. The third kappa shape index (κ3) is 8.79. The van der Waals surface area contributed by atoms with Crippen LogP contribution in [0, 0.1) is 5.92 Å². The lowest BCUT2D eigenvalue weighted by molar-refractivity contribution is -0.137. The molecule has 0 aromatic carbocycles. The van der Waals surface area contributed by atoms with Gasteiger partial charge in [0.2, 0.25) is 5.91 Å². The smallest absolute Gasteiger partial charge is 0.332 e. The van der Waals surface area contributed by atoms with E-state index in [4.69, 9.17) is 4.74 Å². The van der Waals surface area contributed by atoms with Crippen molar-refractivity contribution in [2.75, 3.05) is 6.61 Å². The van der Waals surface area contributed by atoms with Crippen molar-refractivity contribution >= 4 is 11.9 Å². The largest absolute Gasteiger partial charge is 0.463 e. The number of carbonyl (C=O) groups excluding carboxylic acids is 2. The zero-order chi connectivity index (χ0) is 14.0. The SMILES string of the molecule is CCCC[C@@H](C)C/C(=C\C(=O)OCC)NC(C)=O. The van der Waals surface area contributed by atoms with Crippen molar-refractivity contribution in [3.8, 4) is 0 Å². The van der Waals surface area contributed by atoms with Crippen LogP contribution in [0.2, 0.25) is 0 Å². The molecular weight excluding hydrogens is 230 g/mol. The van der Waals surface area contributed by atoms with E-state index in [1.54, 1.807) is 6.92 Å². The minimum absolute atomic E-state index is 0.159. The second kappa shape index (κ2) is 9.68. The molecule has 0 bridgehead atoms. The fraction of sp³-hybridized carbons (Fsp3) is 0.714. The molecule has 0 saturated heterocycles. The number of hydrogen-bond acceptors (Lipinski definition) is 3. The van der Waals surface area contributed by atoms with Gasteiger partial charge in [0.15, 0.2) is 0 Å². The van der Waals surface area contributed by atoms with E-state index in [0.29, 0.717) is 24.6 Å². The van der Waals surface area contributed by atoms with Crippen LogP contribution in [0.5, 0.6) is 0 Å². The Bertz CT molecular complexity index is 297. The Morgan fingerprint density at radius 3 is 2.50 bits per heavy atom. The topological polar surface area (TPSA) is 55.4 Å². The molecule has 0 aromatic rings. The van der Waals surface area contributed by atoms with Crippen molar-refractivity contribution in [3.63, 3.8) is 0 Å². The van der Waals surface area contributed by atoms with Gasteiger partial charge in [-0.3, -0.25) is 4.79 Å². The first-order chi connectivity index (χ1) is 8.49.